The van der Waals surface area contributed by atoms with Gasteiger partial charge in [0.15, 0.2) is 0 Å². The van der Waals surface area contributed by atoms with Gasteiger partial charge in [0, 0.05) is 11.1 Å². The van der Waals surface area contributed by atoms with Gasteiger partial charge in [0.1, 0.15) is 5.82 Å². The Hall–Kier alpha value is -1.74. The smallest absolute Gasteiger partial charge is 0.125 e. The van der Waals surface area contributed by atoms with E-state index < -0.39 is 0 Å². The van der Waals surface area contributed by atoms with Gasteiger partial charge in [-0.25, -0.2) is 4.39 Å². The van der Waals surface area contributed by atoms with Crippen LogP contribution in [0.15, 0.2) is 42.5 Å². The molecule has 0 heterocycles. The number of benzene rings is 2. The number of rotatable bonds is 3. The fraction of sp³-hybridized carbons (Fsp3) is 0.143. The van der Waals surface area contributed by atoms with Crippen LogP contribution in [0.5, 0.6) is 0 Å². The standard InChI is InChI=1S/C14H14ClFN2/c1-9(10-3-2-4-11(15)7-10)18-14-8-12(16)5-6-13(14)17/h2-9,18H,17H2,1H3. The molecule has 4 heteroatoms. The minimum Gasteiger partial charge on any atom is -0.397 e. The summed E-state index contributed by atoms with van der Waals surface area (Å²) < 4.78 is 13.1. The molecule has 0 bridgehead atoms. The Morgan fingerprint density at radius 2 is 2.00 bits per heavy atom. The van der Waals surface area contributed by atoms with E-state index in [-0.39, 0.29) is 11.9 Å². The maximum Gasteiger partial charge on any atom is 0.125 e. The molecule has 0 amide bonds. The van der Waals surface area contributed by atoms with Gasteiger partial charge in [-0.2, -0.15) is 0 Å². The van der Waals surface area contributed by atoms with E-state index >= 15 is 0 Å². The normalized spacial score (nSPS) is 12.2. The molecule has 2 rings (SSSR count). The van der Waals surface area contributed by atoms with E-state index in [2.05, 4.69) is 5.32 Å². The first-order chi connectivity index (χ1) is 8.56. The summed E-state index contributed by atoms with van der Waals surface area (Å²) >= 11 is 5.94. The fourth-order valence-corrected chi connectivity index (χ4v) is 1.94. The molecule has 2 nitrogen and oxygen atoms in total. The Labute approximate surface area is 111 Å². The minimum absolute atomic E-state index is 0.00667. The Balaban J connectivity index is 2.21. The molecule has 0 aliphatic rings. The van der Waals surface area contributed by atoms with Gasteiger partial charge in [-0.05, 0) is 42.8 Å². The van der Waals surface area contributed by atoms with Gasteiger partial charge in [-0.3, -0.25) is 0 Å². The van der Waals surface area contributed by atoms with E-state index in [0.717, 1.165) is 5.56 Å². The summed E-state index contributed by atoms with van der Waals surface area (Å²) in [4.78, 5) is 0. The summed E-state index contributed by atoms with van der Waals surface area (Å²) in [6, 6.07) is 11.8. The SMILES string of the molecule is CC(Nc1cc(F)ccc1N)c1cccc(Cl)c1. The zero-order valence-electron chi connectivity index (χ0n) is 9.95. The molecule has 0 saturated carbocycles. The third-order valence-electron chi connectivity index (χ3n) is 2.74. The summed E-state index contributed by atoms with van der Waals surface area (Å²) in [5, 5.41) is 3.85. The Morgan fingerprint density at radius 1 is 1.22 bits per heavy atom. The van der Waals surface area contributed by atoms with Crippen molar-refractivity contribution in [2.24, 2.45) is 0 Å². The third kappa shape index (κ3) is 2.93. The lowest BCUT2D eigenvalue weighted by Crippen LogP contribution is -2.08. The van der Waals surface area contributed by atoms with E-state index in [9.17, 15) is 4.39 Å². The number of nitrogen functional groups attached to an aromatic ring is 1. The molecule has 2 aromatic rings. The van der Waals surface area contributed by atoms with Crippen LogP contribution in [0.2, 0.25) is 5.02 Å². The summed E-state index contributed by atoms with van der Waals surface area (Å²) in [6.45, 7) is 1.97. The van der Waals surface area contributed by atoms with E-state index in [1.165, 1.54) is 12.1 Å². The maximum absolute atomic E-state index is 13.1. The molecule has 0 aliphatic heterocycles. The minimum atomic E-state index is -0.315. The fourth-order valence-electron chi connectivity index (χ4n) is 1.75. The topological polar surface area (TPSA) is 38.0 Å². The summed E-state index contributed by atoms with van der Waals surface area (Å²) in [5.74, 6) is -0.315. The second-order valence-corrected chi connectivity index (χ2v) is 4.59. The highest BCUT2D eigenvalue weighted by molar-refractivity contribution is 6.30. The van der Waals surface area contributed by atoms with Crippen molar-refractivity contribution < 1.29 is 4.39 Å². The van der Waals surface area contributed by atoms with Crippen molar-refractivity contribution in [3.63, 3.8) is 0 Å². The zero-order valence-corrected chi connectivity index (χ0v) is 10.7. The molecule has 0 fully saturated rings. The number of anilines is 2. The van der Waals surface area contributed by atoms with Crippen molar-refractivity contribution in [2.75, 3.05) is 11.1 Å². The monoisotopic (exact) mass is 264 g/mol. The van der Waals surface area contributed by atoms with E-state index in [0.29, 0.717) is 16.4 Å². The lowest BCUT2D eigenvalue weighted by atomic mass is 10.1. The number of halogens is 2. The molecule has 1 unspecified atom stereocenters. The molecule has 2 aromatic carbocycles. The van der Waals surface area contributed by atoms with Gasteiger partial charge in [0.25, 0.3) is 0 Å². The van der Waals surface area contributed by atoms with Gasteiger partial charge in [-0.15, -0.1) is 0 Å². The first-order valence-electron chi connectivity index (χ1n) is 5.63. The van der Waals surface area contributed by atoms with E-state index in [1.807, 2.05) is 31.2 Å². The highest BCUT2D eigenvalue weighted by atomic mass is 35.5. The van der Waals surface area contributed by atoms with Crippen molar-refractivity contribution in [3.05, 3.63) is 58.9 Å². The molecule has 0 aromatic heterocycles. The molecule has 0 radical (unpaired) electrons. The molecule has 3 N–H and O–H groups in total. The lowest BCUT2D eigenvalue weighted by molar-refractivity contribution is 0.628. The Morgan fingerprint density at radius 3 is 2.72 bits per heavy atom. The summed E-state index contributed by atoms with van der Waals surface area (Å²) in [5.41, 5.74) is 7.91. The Bertz CT molecular complexity index is 557. The van der Waals surface area contributed by atoms with E-state index in [1.54, 1.807) is 6.07 Å². The maximum atomic E-state index is 13.1. The highest BCUT2D eigenvalue weighted by Crippen LogP contribution is 2.26. The Kier molecular flexibility index (Phi) is 3.72. The molecule has 0 spiro atoms. The molecule has 18 heavy (non-hydrogen) atoms. The largest absolute Gasteiger partial charge is 0.397 e. The lowest BCUT2D eigenvalue weighted by Gasteiger charge is -2.17. The van der Waals surface area contributed by atoms with Crippen molar-refractivity contribution >= 4 is 23.0 Å². The van der Waals surface area contributed by atoms with Crippen molar-refractivity contribution in [1.82, 2.24) is 0 Å². The zero-order chi connectivity index (χ0) is 13.1. The molecule has 1 atom stereocenters. The predicted octanol–water partition coefficient (Wildman–Crippen LogP) is 4.23. The first-order valence-corrected chi connectivity index (χ1v) is 6.01. The molecule has 94 valence electrons. The van der Waals surface area contributed by atoms with Crippen LogP contribution in [0.25, 0.3) is 0 Å². The number of nitrogens with one attached hydrogen (secondary N) is 1. The van der Waals surface area contributed by atoms with Crippen molar-refractivity contribution in [2.45, 2.75) is 13.0 Å². The van der Waals surface area contributed by atoms with Crippen LogP contribution in [-0.2, 0) is 0 Å². The van der Waals surface area contributed by atoms with Crippen molar-refractivity contribution in [3.8, 4) is 0 Å². The number of hydrogen-bond acceptors (Lipinski definition) is 2. The average molecular weight is 265 g/mol. The second kappa shape index (κ2) is 5.27. The van der Waals surface area contributed by atoms with Crippen LogP contribution in [0.1, 0.15) is 18.5 Å². The quantitative estimate of drug-likeness (QED) is 0.814. The molecule has 0 saturated heterocycles. The van der Waals surface area contributed by atoms with Crippen LogP contribution in [0, 0.1) is 5.82 Å². The van der Waals surface area contributed by atoms with Gasteiger partial charge >= 0.3 is 0 Å². The number of nitrogens with two attached hydrogens (primary N) is 1. The van der Waals surface area contributed by atoms with Gasteiger partial charge in [0.2, 0.25) is 0 Å². The predicted molar refractivity (Wildman–Crippen MR) is 74.3 cm³/mol. The molecule has 0 aliphatic carbocycles. The first kappa shape index (κ1) is 12.7. The third-order valence-corrected chi connectivity index (χ3v) is 2.97. The molecular formula is C14H14ClFN2. The van der Waals surface area contributed by atoms with Crippen molar-refractivity contribution in [1.29, 1.82) is 0 Å². The molecular weight excluding hydrogens is 251 g/mol. The van der Waals surface area contributed by atoms with Crippen LogP contribution >= 0.6 is 11.6 Å². The second-order valence-electron chi connectivity index (χ2n) is 4.15. The van der Waals surface area contributed by atoms with Crippen LogP contribution in [0.3, 0.4) is 0 Å². The average Bonchev–Trinajstić information content (AvgIpc) is 2.34. The van der Waals surface area contributed by atoms with Gasteiger partial charge in [-0.1, -0.05) is 23.7 Å². The summed E-state index contributed by atoms with van der Waals surface area (Å²) in [6.07, 6.45) is 0. The van der Waals surface area contributed by atoms with Crippen LogP contribution in [-0.4, -0.2) is 0 Å². The van der Waals surface area contributed by atoms with Gasteiger partial charge in [0.05, 0.1) is 11.4 Å². The number of hydrogen-bond donors (Lipinski definition) is 2. The highest BCUT2D eigenvalue weighted by Gasteiger charge is 2.08. The van der Waals surface area contributed by atoms with Crippen LogP contribution in [0.4, 0.5) is 15.8 Å². The van der Waals surface area contributed by atoms with Gasteiger partial charge < -0.3 is 11.1 Å². The summed E-state index contributed by atoms with van der Waals surface area (Å²) in [7, 11) is 0. The van der Waals surface area contributed by atoms with Crippen LogP contribution < -0.4 is 11.1 Å². The van der Waals surface area contributed by atoms with E-state index in [4.69, 9.17) is 17.3 Å².